The number of hydrogen-bond acceptors (Lipinski definition) is 1. The molecule has 0 N–H and O–H groups in total. The zero-order valence-corrected chi connectivity index (χ0v) is 26.8. The highest BCUT2D eigenvalue weighted by Crippen LogP contribution is 2.41. The fraction of sp³-hybridized carbons (Fsp3) is 0.865. The molecule has 1 heteroatoms. The van der Waals surface area contributed by atoms with Crippen LogP contribution in [0.5, 0.6) is 0 Å². The number of carbonyl (C=O) groups is 1. The first kappa shape index (κ1) is 35.2. The van der Waals surface area contributed by atoms with Crippen LogP contribution in [-0.2, 0) is 4.79 Å². The van der Waals surface area contributed by atoms with Crippen LogP contribution in [0.2, 0.25) is 0 Å². The molecule has 0 heterocycles. The van der Waals surface area contributed by atoms with Gasteiger partial charge in [-0.15, -0.1) is 0 Å². The molecule has 0 spiro atoms. The van der Waals surface area contributed by atoms with Crippen LogP contribution in [0, 0.1) is 17.3 Å². The van der Waals surface area contributed by atoms with Crippen molar-refractivity contribution in [2.75, 3.05) is 0 Å². The maximum Gasteiger partial charge on any atom is 0.158 e. The molecular weight excluding hydrogens is 460 g/mol. The lowest BCUT2D eigenvalue weighted by Crippen LogP contribution is -2.26. The van der Waals surface area contributed by atoms with E-state index in [4.69, 9.17) is 0 Å². The maximum absolute atomic E-state index is 13.4. The fourth-order valence-corrected chi connectivity index (χ4v) is 6.50. The minimum Gasteiger partial charge on any atom is -0.295 e. The highest BCUT2D eigenvalue weighted by molar-refractivity contribution is 5.91. The lowest BCUT2D eigenvalue weighted by atomic mass is 9.68. The summed E-state index contributed by atoms with van der Waals surface area (Å²) in [6.45, 7) is 11.6. The van der Waals surface area contributed by atoms with Gasteiger partial charge in [0.15, 0.2) is 5.78 Å². The molecule has 1 aliphatic carbocycles. The smallest absolute Gasteiger partial charge is 0.158 e. The molecule has 1 unspecified atom stereocenters. The highest BCUT2D eigenvalue weighted by Gasteiger charge is 2.31. The van der Waals surface area contributed by atoms with E-state index in [0.717, 1.165) is 12.8 Å². The Morgan fingerprint density at radius 2 is 1.13 bits per heavy atom. The average molecular weight is 529 g/mol. The second-order valence-corrected chi connectivity index (χ2v) is 13.4. The average Bonchev–Trinajstić information content (AvgIpc) is 2.88. The van der Waals surface area contributed by atoms with E-state index in [1.54, 1.807) is 0 Å². The molecule has 0 radical (unpaired) electrons. The molecule has 0 saturated heterocycles. The molecule has 0 aromatic heterocycles. The Bertz CT molecular complexity index is 601. The number of unbranched alkanes of at least 4 members (excludes halogenated alkanes) is 18. The molecule has 0 aromatic rings. The zero-order chi connectivity index (χ0) is 27.9. The van der Waals surface area contributed by atoms with Gasteiger partial charge in [0.1, 0.15) is 0 Å². The Morgan fingerprint density at radius 1 is 0.737 bits per heavy atom. The van der Waals surface area contributed by atoms with Gasteiger partial charge < -0.3 is 0 Å². The normalized spacial score (nSPS) is 17.4. The van der Waals surface area contributed by atoms with Gasteiger partial charge in [-0.05, 0) is 44.1 Å². The summed E-state index contributed by atoms with van der Waals surface area (Å²) in [6, 6.07) is 0. The molecule has 1 nitrogen and oxygen atoms in total. The van der Waals surface area contributed by atoms with Gasteiger partial charge in [0.2, 0.25) is 0 Å². The third kappa shape index (κ3) is 17.0. The van der Waals surface area contributed by atoms with Crippen LogP contribution in [0.15, 0.2) is 23.8 Å². The summed E-state index contributed by atoms with van der Waals surface area (Å²) in [5.74, 6) is 1.06. The first-order valence-corrected chi connectivity index (χ1v) is 17.3. The molecule has 0 aliphatic heterocycles. The predicted octanol–water partition coefficient (Wildman–Crippen LogP) is 12.7. The van der Waals surface area contributed by atoms with E-state index in [-0.39, 0.29) is 11.3 Å². The van der Waals surface area contributed by atoms with Gasteiger partial charge in [0, 0.05) is 11.8 Å². The topological polar surface area (TPSA) is 17.1 Å². The van der Waals surface area contributed by atoms with Gasteiger partial charge in [-0.2, -0.15) is 0 Å². The molecular formula is C37H68O. The van der Waals surface area contributed by atoms with Crippen LogP contribution in [0.25, 0.3) is 0 Å². The van der Waals surface area contributed by atoms with Crippen LogP contribution in [-0.4, -0.2) is 5.78 Å². The van der Waals surface area contributed by atoms with Crippen molar-refractivity contribution in [1.29, 1.82) is 0 Å². The van der Waals surface area contributed by atoms with Crippen molar-refractivity contribution >= 4 is 5.78 Å². The van der Waals surface area contributed by atoms with Gasteiger partial charge in [0.25, 0.3) is 0 Å². The molecule has 1 rings (SSSR count). The summed E-state index contributed by atoms with van der Waals surface area (Å²) in [6.07, 6.45) is 38.5. The Labute approximate surface area is 240 Å². The van der Waals surface area contributed by atoms with Crippen LogP contribution >= 0.6 is 0 Å². The van der Waals surface area contributed by atoms with Crippen molar-refractivity contribution in [3.8, 4) is 0 Å². The number of allylic oxidation sites excluding steroid dienone is 4. The monoisotopic (exact) mass is 529 g/mol. The number of carbonyl (C=O) groups excluding carboxylic acids is 1. The number of ketones is 1. The first-order chi connectivity index (χ1) is 18.4. The summed E-state index contributed by atoms with van der Waals surface area (Å²) in [7, 11) is 0. The molecule has 1 atom stereocenters. The summed E-state index contributed by atoms with van der Waals surface area (Å²) < 4.78 is 0. The number of hydrogen-bond donors (Lipinski definition) is 0. The van der Waals surface area contributed by atoms with E-state index in [1.807, 2.05) is 6.08 Å². The second kappa shape index (κ2) is 22.9. The van der Waals surface area contributed by atoms with Crippen LogP contribution in [0.4, 0.5) is 0 Å². The summed E-state index contributed by atoms with van der Waals surface area (Å²) in [5.41, 5.74) is 1.71. The molecule has 0 fully saturated rings. The van der Waals surface area contributed by atoms with Crippen LogP contribution in [0.3, 0.4) is 0 Å². The van der Waals surface area contributed by atoms with Gasteiger partial charge in [-0.1, -0.05) is 174 Å². The van der Waals surface area contributed by atoms with E-state index in [9.17, 15) is 4.79 Å². The molecule has 0 amide bonds. The molecule has 38 heavy (non-hydrogen) atoms. The van der Waals surface area contributed by atoms with E-state index in [2.05, 4.69) is 46.8 Å². The third-order valence-electron chi connectivity index (χ3n) is 9.26. The quantitative estimate of drug-likeness (QED) is 0.0654. The van der Waals surface area contributed by atoms with Gasteiger partial charge >= 0.3 is 0 Å². The lowest BCUT2D eigenvalue weighted by Gasteiger charge is -2.36. The lowest BCUT2D eigenvalue weighted by molar-refractivity contribution is -0.118. The highest BCUT2D eigenvalue weighted by atomic mass is 16.1. The molecule has 0 aromatic carbocycles. The summed E-state index contributed by atoms with van der Waals surface area (Å²) in [4.78, 5) is 13.4. The van der Waals surface area contributed by atoms with Gasteiger partial charge in [0.05, 0.1) is 0 Å². The molecule has 222 valence electrons. The largest absolute Gasteiger partial charge is 0.295 e. The van der Waals surface area contributed by atoms with Crippen molar-refractivity contribution in [1.82, 2.24) is 0 Å². The second-order valence-electron chi connectivity index (χ2n) is 13.4. The molecule has 0 bridgehead atoms. The predicted molar refractivity (Wildman–Crippen MR) is 171 cm³/mol. The Balaban J connectivity index is 2.43. The van der Waals surface area contributed by atoms with Gasteiger partial charge in [-0.25, -0.2) is 0 Å². The van der Waals surface area contributed by atoms with Crippen molar-refractivity contribution in [2.45, 2.75) is 189 Å². The minimum atomic E-state index is 0.241. The summed E-state index contributed by atoms with van der Waals surface area (Å²) >= 11 is 0. The van der Waals surface area contributed by atoms with E-state index < -0.39 is 0 Å². The number of rotatable bonds is 25. The van der Waals surface area contributed by atoms with Crippen molar-refractivity contribution in [3.05, 3.63) is 23.8 Å². The zero-order valence-electron chi connectivity index (χ0n) is 26.8. The molecule has 0 saturated carbocycles. The van der Waals surface area contributed by atoms with Crippen molar-refractivity contribution < 1.29 is 4.79 Å². The Kier molecular flexibility index (Phi) is 21.2. The SMILES string of the molecule is CCCCCCCCCCCCC(CCCCCCCCCCCC)C(=O)/C=C/C1C(C)=CCCC1(C)C. The van der Waals surface area contributed by atoms with Gasteiger partial charge in [-0.3, -0.25) is 4.79 Å². The standard InChI is InChI=1S/C37H68O/c1-6-8-10-12-14-16-18-20-22-24-28-34(29-25-23-21-19-17-15-13-11-9-7-2)36(38)31-30-35-33(3)27-26-32-37(35,4)5/h27,30-31,34-35H,6-26,28-29,32H2,1-5H3/b31-30+. The van der Waals surface area contributed by atoms with E-state index in [0.29, 0.717) is 11.7 Å². The Morgan fingerprint density at radius 3 is 1.53 bits per heavy atom. The maximum atomic E-state index is 13.4. The third-order valence-corrected chi connectivity index (χ3v) is 9.26. The van der Waals surface area contributed by atoms with Crippen molar-refractivity contribution in [3.63, 3.8) is 0 Å². The van der Waals surface area contributed by atoms with E-state index >= 15 is 0 Å². The molecule has 1 aliphatic rings. The van der Waals surface area contributed by atoms with Crippen LogP contribution in [0.1, 0.15) is 189 Å². The fourth-order valence-electron chi connectivity index (χ4n) is 6.50. The van der Waals surface area contributed by atoms with Crippen LogP contribution < -0.4 is 0 Å². The Hall–Kier alpha value is -0.850. The van der Waals surface area contributed by atoms with E-state index in [1.165, 1.54) is 147 Å². The van der Waals surface area contributed by atoms with Crippen molar-refractivity contribution in [2.24, 2.45) is 17.3 Å². The first-order valence-electron chi connectivity index (χ1n) is 17.3. The minimum absolute atomic E-state index is 0.241. The summed E-state index contributed by atoms with van der Waals surface area (Å²) in [5, 5.41) is 0.